The van der Waals surface area contributed by atoms with Crippen LogP contribution in [0, 0.1) is 10.1 Å². The van der Waals surface area contributed by atoms with Crippen LogP contribution in [0.3, 0.4) is 0 Å². The molecule has 160 valence electrons. The summed E-state index contributed by atoms with van der Waals surface area (Å²) in [6.07, 6.45) is 9.88. The molecular weight excluding hydrogens is 455 g/mol. The van der Waals surface area contributed by atoms with Crippen LogP contribution in [0.4, 0.5) is 5.69 Å². The number of phenolic OH excluding ortho intramolecular Hbond substituents is 1. The van der Waals surface area contributed by atoms with E-state index in [4.69, 9.17) is 0 Å². The van der Waals surface area contributed by atoms with Crippen molar-refractivity contribution < 1.29 is 25.1 Å². The minimum atomic E-state index is -0.428. The number of halogens is 1. The first-order valence-corrected chi connectivity index (χ1v) is 10.3. The van der Waals surface area contributed by atoms with E-state index in [1.54, 1.807) is 36.8 Å². The predicted molar refractivity (Wildman–Crippen MR) is 114 cm³/mol. The van der Waals surface area contributed by atoms with E-state index in [1.165, 1.54) is 12.1 Å². The summed E-state index contributed by atoms with van der Waals surface area (Å²) >= 11 is 3.66. The summed E-state index contributed by atoms with van der Waals surface area (Å²) in [6, 6.07) is 13.3. The normalized spacial score (nSPS) is 11.2. The molecule has 1 aromatic heterocycles. The van der Waals surface area contributed by atoms with Gasteiger partial charge in [0, 0.05) is 43.2 Å². The van der Waals surface area contributed by atoms with Gasteiger partial charge in [-0.15, -0.1) is 0 Å². The minimum absolute atomic E-state index is 0.0475. The summed E-state index contributed by atoms with van der Waals surface area (Å²) in [5, 5.41) is 20.9. The Bertz CT molecular complexity index is 990. The van der Waals surface area contributed by atoms with Gasteiger partial charge in [0.1, 0.15) is 5.75 Å². The molecule has 7 nitrogen and oxygen atoms in total. The molecule has 0 aliphatic rings. The van der Waals surface area contributed by atoms with Gasteiger partial charge >= 0.3 is 25.2 Å². The Morgan fingerprint density at radius 3 is 2.60 bits per heavy atom. The van der Waals surface area contributed by atoms with Crippen LogP contribution < -0.4 is 0 Å². The van der Waals surface area contributed by atoms with Gasteiger partial charge in [0.15, 0.2) is 0 Å². The van der Waals surface area contributed by atoms with Crippen molar-refractivity contribution in [2.24, 2.45) is 4.99 Å². The average Bonchev–Trinajstić information content (AvgIpc) is 3.29. The number of nitrogens with zero attached hydrogens (tertiary/aromatic N) is 4. The SMILES string of the molecule is O=[N+]([O-])c1ccc(/C=C/C(=NCCCn2ccnc2)c2ccccc2O)cc1.[Cl][Cu]. The number of phenols is 1. The third kappa shape index (κ3) is 7.15. The molecule has 0 aliphatic heterocycles. The summed E-state index contributed by atoms with van der Waals surface area (Å²) < 4.78 is 1.99. The number of hydrogen-bond acceptors (Lipinski definition) is 5. The number of aromatic nitrogens is 2. The number of non-ortho nitro benzene ring substituents is 1. The molecule has 2 aromatic carbocycles. The Hall–Kier alpha value is -2.93. The zero-order chi connectivity index (χ0) is 21.8. The number of rotatable bonds is 8. The molecule has 3 rings (SSSR count). The van der Waals surface area contributed by atoms with Gasteiger partial charge in [0.25, 0.3) is 5.69 Å². The van der Waals surface area contributed by atoms with Crippen LogP contribution in [-0.4, -0.2) is 31.8 Å². The number of allylic oxidation sites excluding steroid dienone is 1. The summed E-state index contributed by atoms with van der Waals surface area (Å²) in [5.41, 5.74) is 2.16. The number of aryl methyl sites for hydroxylation is 1. The molecule has 0 unspecified atom stereocenters. The van der Waals surface area contributed by atoms with Crippen molar-refractivity contribution in [1.82, 2.24) is 9.55 Å². The molecule has 0 amide bonds. The van der Waals surface area contributed by atoms with Gasteiger partial charge in [-0.2, -0.15) is 0 Å². The second-order valence-electron chi connectivity index (χ2n) is 6.12. The number of benzene rings is 2. The first kappa shape index (κ1) is 23.3. The third-order valence-corrected chi connectivity index (χ3v) is 4.13. The van der Waals surface area contributed by atoms with Crippen molar-refractivity contribution in [3.63, 3.8) is 0 Å². The zero-order valence-corrected chi connectivity index (χ0v) is 17.6. The van der Waals surface area contributed by atoms with Gasteiger partial charge in [-0.25, -0.2) is 4.98 Å². The Morgan fingerprint density at radius 2 is 1.97 bits per heavy atom. The number of hydrogen-bond donors (Lipinski definition) is 1. The topological polar surface area (TPSA) is 93.5 Å². The van der Waals surface area contributed by atoms with Crippen molar-refractivity contribution in [1.29, 1.82) is 0 Å². The van der Waals surface area contributed by atoms with E-state index in [9.17, 15) is 15.2 Å². The number of nitro groups is 1. The van der Waals surface area contributed by atoms with Gasteiger partial charge in [-0.1, -0.05) is 18.2 Å². The molecule has 0 bridgehead atoms. The third-order valence-electron chi connectivity index (χ3n) is 4.13. The fraction of sp³-hybridized carbons (Fsp3) is 0.143. The number of para-hydroxylation sites is 1. The Labute approximate surface area is 186 Å². The molecule has 0 atom stereocenters. The van der Waals surface area contributed by atoms with Crippen LogP contribution in [0.2, 0.25) is 0 Å². The molecule has 0 spiro atoms. The summed E-state index contributed by atoms with van der Waals surface area (Å²) in [5.74, 6) is 0.157. The van der Waals surface area contributed by atoms with Gasteiger partial charge in [0.05, 0.1) is 17.0 Å². The van der Waals surface area contributed by atoms with E-state index < -0.39 is 4.92 Å². The maximum absolute atomic E-state index is 10.8. The van der Waals surface area contributed by atoms with Gasteiger partial charge in [-0.05, 0) is 42.3 Å². The van der Waals surface area contributed by atoms with Crippen LogP contribution in [0.1, 0.15) is 17.5 Å². The molecule has 9 heteroatoms. The molecule has 3 aromatic rings. The molecule has 30 heavy (non-hydrogen) atoms. The Balaban J connectivity index is 0.00000155. The Kier molecular flexibility index (Phi) is 9.80. The molecule has 0 fully saturated rings. The van der Waals surface area contributed by atoms with Crippen molar-refractivity contribution in [2.45, 2.75) is 13.0 Å². The molecule has 0 aliphatic carbocycles. The summed E-state index contributed by atoms with van der Waals surface area (Å²) in [4.78, 5) is 19.0. The molecule has 0 saturated carbocycles. The first-order chi connectivity index (χ1) is 14.6. The number of aromatic hydroxyl groups is 1. The predicted octanol–water partition coefficient (Wildman–Crippen LogP) is 4.78. The van der Waals surface area contributed by atoms with Crippen LogP contribution >= 0.6 is 10.1 Å². The number of aliphatic imine (C=N–C) groups is 1. The fourth-order valence-corrected chi connectivity index (χ4v) is 2.67. The standard InChI is InChI=1S/C21H20N4O3.ClH.Cu/c26-21-5-2-1-4-19(21)20(23-12-3-14-24-15-13-22-16-24)11-8-17-6-9-18(10-7-17)25(27)28;;/h1-2,4-11,13,15-16,26H,3,12,14H2;1H;/q;;+1/p-1/b11-8+,23-20?;;. The van der Waals surface area contributed by atoms with Crippen molar-refractivity contribution in [2.75, 3.05) is 6.54 Å². The van der Waals surface area contributed by atoms with Crippen LogP contribution in [0.25, 0.3) is 6.08 Å². The van der Waals surface area contributed by atoms with Gasteiger partial charge in [-0.3, -0.25) is 15.1 Å². The van der Waals surface area contributed by atoms with Crippen LogP contribution in [0.5, 0.6) is 5.75 Å². The zero-order valence-electron chi connectivity index (χ0n) is 15.9. The van der Waals surface area contributed by atoms with E-state index >= 15 is 0 Å². The van der Waals surface area contributed by atoms with Crippen molar-refractivity contribution >= 4 is 27.6 Å². The van der Waals surface area contributed by atoms with E-state index in [-0.39, 0.29) is 11.4 Å². The van der Waals surface area contributed by atoms with Crippen LogP contribution in [0.15, 0.2) is 78.3 Å². The van der Waals surface area contributed by atoms with E-state index in [1.807, 2.05) is 35.0 Å². The number of imidazole rings is 1. The molecular formula is C21H20ClCuN4O3. The summed E-state index contributed by atoms with van der Waals surface area (Å²) in [6.45, 7) is 1.40. The fourth-order valence-electron chi connectivity index (χ4n) is 2.67. The number of nitro benzene ring substituents is 1. The van der Waals surface area contributed by atoms with Crippen molar-refractivity contribution in [3.05, 3.63) is 94.6 Å². The second kappa shape index (κ2) is 12.6. The van der Waals surface area contributed by atoms with E-state index in [0.29, 0.717) is 17.8 Å². The molecule has 0 radical (unpaired) electrons. The quantitative estimate of drug-likeness (QED) is 0.167. The monoisotopic (exact) mass is 474 g/mol. The molecule has 1 N–H and O–H groups in total. The van der Waals surface area contributed by atoms with Crippen molar-refractivity contribution in [3.8, 4) is 5.75 Å². The Morgan fingerprint density at radius 1 is 1.23 bits per heavy atom. The molecule has 0 saturated heterocycles. The molecule has 1 heterocycles. The van der Waals surface area contributed by atoms with Crippen LogP contribution in [-0.2, 0) is 21.6 Å². The van der Waals surface area contributed by atoms with Gasteiger partial charge in [0.2, 0.25) is 0 Å². The maximum atomic E-state index is 10.8. The average molecular weight is 475 g/mol. The van der Waals surface area contributed by atoms with E-state index in [0.717, 1.165) is 18.5 Å². The second-order valence-corrected chi connectivity index (χ2v) is 6.12. The summed E-state index contributed by atoms with van der Waals surface area (Å²) in [7, 11) is 4.20. The first-order valence-electron chi connectivity index (χ1n) is 8.96. The van der Waals surface area contributed by atoms with E-state index in [2.05, 4.69) is 35.2 Å². The van der Waals surface area contributed by atoms with Gasteiger partial charge < -0.3 is 9.67 Å².